The molecule has 0 bridgehead atoms. The Morgan fingerprint density at radius 2 is 2.36 bits per heavy atom. The summed E-state index contributed by atoms with van der Waals surface area (Å²) in [5.41, 5.74) is 1.73. The second kappa shape index (κ2) is 4.28. The predicted octanol–water partition coefficient (Wildman–Crippen LogP) is 1.95. The minimum atomic E-state index is -0.419. The molecule has 0 saturated heterocycles. The topological polar surface area (TPSA) is 55.2 Å². The Morgan fingerprint density at radius 1 is 1.64 bits per heavy atom. The standard InChI is InChI=1S/C10H10N2O2/c1-3-6-11-10-5-4-9(12(13)14)7-8(10)2/h1,4-5,7,11H,6H2,2H3. The SMILES string of the molecule is C#CCNc1ccc([N+](=O)[O-])cc1C. The molecule has 4 heteroatoms. The molecule has 0 heterocycles. The van der Waals surface area contributed by atoms with E-state index in [4.69, 9.17) is 6.42 Å². The Hall–Kier alpha value is -2.02. The summed E-state index contributed by atoms with van der Waals surface area (Å²) in [5, 5.41) is 13.4. The van der Waals surface area contributed by atoms with E-state index in [2.05, 4.69) is 11.2 Å². The number of anilines is 1. The highest BCUT2D eigenvalue weighted by atomic mass is 16.6. The summed E-state index contributed by atoms with van der Waals surface area (Å²) in [7, 11) is 0. The number of aryl methyl sites for hydroxylation is 1. The monoisotopic (exact) mass is 190 g/mol. The molecule has 72 valence electrons. The Kier molecular flexibility index (Phi) is 3.08. The Morgan fingerprint density at radius 3 is 2.86 bits per heavy atom. The van der Waals surface area contributed by atoms with Gasteiger partial charge < -0.3 is 5.32 Å². The van der Waals surface area contributed by atoms with Crippen LogP contribution in [0, 0.1) is 29.4 Å². The van der Waals surface area contributed by atoms with Crippen LogP contribution in [-0.4, -0.2) is 11.5 Å². The predicted molar refractivity (Wildman–Crippen MR) is 55.2 cm³/mol. The molecule has 0 saturated carbocycles. The van der Waals surface area contributed by atoms with Gasteiger partial charge in [-0.1, -0.05) is 5.92 Å². The highest BCUT2D eigenvalue weighted by Gasteiger charge is 2.06. The summed E-state index contributed by atoms with van der Waals surface area (Å²) < 4.78 is 0. The third-order valence-corrected chi connectivity index (χ3v) is 1.80. The van der Waals surface area contributed by atoms with Crippen LogP contribution in [0.1, 0.15) is 5.56 Å². The smallest absolute Gasteiger partial charge is 0.269 e. The fourth-order valence-electron chi connectivity index (χ4n) is 1.11. The maximum atomic E-state index is 10.4. The van der Waals surface area contributed by atoms with Crippen molar-refractivity contribution < 1.29 is 4.92 Å². The molecule has 1 N–H and O–H groups in total. The summed E-state index contributed by atoms with van der Waals surface area (Å²) >= 11 is 0. The van der Waals surface area contributed by atoms with E-state index in [1.54, 1.807) is 13.0 Å². The summed E-state index contributed by atoms with van der Waals surface area (Å²) in [5.74, 6) is 2.44. The molecule has 1 aromatic carbocycles. The highest BCUT2D eigenvalue weighted by molar-refractivity contribution is 5.55. The lowest BCUT2D eigenvalue weighted by atomic mass is 10.2. The van der Waals surface area contributed by atoms with Gasteiger partial charge in [0.05, 0.1) is 11.5 Å². The normalized spacial score (nSPS) is 9.14. The molecule has 0 aliphatic heterocycles. The molecule has 0 aromatic heterocycles. The first-order chi connectivity index (χ1) is 6.65. The lowest BCUT2D eigenvalue weighted by Crippen LogP contribution is -2.00. The van der Waals surface area contributed by atoms with Crippen LogP contribution in [0.25, 0.3) is 0 Å². The second-order valence-corrected chi connectivity index (χ2v) is 2.81. The van der Waals surface area contributed by atoms with Gasteiger partial charge in [-0.15, -0.1) is 6.42 Å². The van der Waals surface area contributed by atoms with E-state index in [1.165, 1.54) is 12.1 Å². The second-order valence-electron chi connectivity index (χ2n) is 2.81. The Balaban J connectivity index is 2.91. The molecule has 0 radical (unpaired) electrons. The van der Waals surface area contributed by atoms with Crippen LogP contribution in [-0.2, 0) is 0 Å². The third kappa shape index (κ3) is 2.23. The number of rotatable bonds is 3. The summed E-state index contributed by atoms with van der Waals surface area (Å²) in [4.78, 5) is 10.0. The number of terminal acetylenes is 1. The van der Waals surface area contributed by atoms with Gasteiger partial charge in [-0.3, -0.25) is 10.1 Å². The molecule has 4 nitrogen and oxygen atoms in total. The largest absolute Gasteiger partial charge is 0.374 e. The van der Waals surface area contributed by atoms with E-state index in [-0.39, 0.29) is 5.69 Å². The van der Waals surface area contributed by atoms with E-state index in [9.17, 15) is 10.1 Å². The molecule has 14 heavy (non-hydrogen) atoms. The fourth-order valence-corrected chi connectivity index (χ4v) is 1.11. The third-order valence-electron chi connectivity index (χ3n) is 1.80. The van der Waals surface area contributed by atoms with Gasteiger partial charge in [0.1, 0.15) is 0 Å². The quantitative estimate of drug-likeness (QED) is 0.450. The van der Waals surface area contributed by atoms with Gasteiger partial charge in [-0.2, -0.15) is 0 Å². The Labute approximate surface area is 82.1 Å². The first-order valence-electron chi connectivity index (χ1n) is 4.07. The number of hydrogen-bond donors (Lipinski definition) is 1. The van der Waals surface area contributed by atoms with E-state index in [0.717, 1.165) is 11.3 Å². The van der Waals surface area contributed by atoms with Gasteiger partial charge >= 0.3 is 0 Å². The van der Waals surface area contributed by atoms with Crippen molar-refractivity contribution in [3.63, 3.8) is 0 Å². The zero-order valence-electron chi connectivity index (χ0n) is 7.78. The van der Waals surface area contributed by atoms with Gasteiger partial charge in [0.2, 0.25) is 0 Å². The van der Waals surface area contributed by atoms with Gasteiger partial charge in [-0.05, 0) is 18.6 Å². The minimum Gasteiger partial charge on any atom is -0.374 e. The number of hydrogen-bond acceptors (Lipinski definition) is 3. The van der Waals surface area contributed by atoms with Crippen LogP contribution in [0.15, 0.2) is 18.2 Å². The number of non-ortho nitro benzene ring substituents is 1. The lowest BCUT2D eigenvalue weighted by molar-refractivity contribution is -0.384. The number of benzene rings is 1. The van der Waals surface area contributed by atoms with Crippen molar-refractivity contribution >= 4 is 11.4 Å². The summed E-state index contributed by atoms with van der Waals surface area (Å²) in [6, 6.07) is 4.62. The van der Waals surface area contributed by atoms with Crippen LogP contribution in [0.2, 0.25) is 0 Å². The molecule has 1 aromatic rings. The highest BCUT2D eigenvalue weighted by Crippen LogP contribution is 2.20. The van der Waals surface area contributed by atoms with Crippen molar-refractivity contribution in [1.82, 2.24) is 0 Å². The summed E-state index contributed by atoms with van der Waals surface area (Å²) in [6.07, 6.45) is 5.08. The maximum Gasteiger partial charge on any atom is 0.269 e. The molecule has 0 aliphatic carbocycles. The van der Waals surface area contributed by atoms with E-state index in [0.29, 0.717) is 6.54 Å². The van der Waals surface area contributed by atoms with E-state index in [1.807, 2.05) is 0 Å². The number of nitrogens with zero attached hydrogens (tertiary/aromatic N) is 1. The summed E-state index contributed by atoms with van der Waals surface area (Å²) in [6.45, 7) is 2.21. The first kappa shape index (κ1) is 10.1. The van der Waals surface area contributed by atoms with Gasteiger partial charge in [0, 0.05) is 17.8 Å². The minimum absolute atomic E-state index is 0.0914. The van der Waals surface area contributed by atoms with Crippen LogP contribution in [0.3, 0.4) is 0 Å². The first-order valence-corrected chi connectivity index (χ1v) is 4.07. The molecule has 1 rings (SSSR count). The van der Waals surface area contributed by atoms with Crippen LogP contribution >= 0.6 is 0 Å². The van der Waals surface area contributed by atoms with Crippen molar-refractivity contribution in [2.45, 2.75) is 6.92 Å². The molecular weight excluding hydrogens is 180 g/mol. The Bertz CT molecular complexity index is 394. The van der Waals surface area contributed by atoms with Crippen LogP contribution < -0.4 is 5.32 Å². The lowest BCUT2D eigenvalue weighted by Gasteiger charge is -2.05. The maximum absolute atomic E-state index is 10.4. The van der Waals surface area contributed by atoms with Crippen molar-refractivity contribution in [2.24, 2.45) is 0 Å². The average molecular weight is 190 g/mol. The average Bonchev–Trinajstić information content (AvgIpc) is 2.15. The number of nitrogens with one attached hydrogen (secondary N) is 1. The zero-order chi connectivity index (χ0) is 10.6. The van der Waals surface area contributed by atoms with Crippen LogP contribution in [0.4, 0.5) is 11.4 Å². The van der Waals surface area contributed by atoms with Gasteiger partial charge in [0.15, 0.2) is 0 Å². The molecule has 0 spiro atoms. The van der Waals surface area contributed by atoms with Crippen molar-refractivity contribution in [3.8, 4) is 12.3 Å². The van der Waals surface area contributed by atoms with Crippen molar-refractivity contribution in [3.05, 3.63) is 33.9 Å². The molecule has 0 amide bonds. The van der Waals surface area contributed by atoms with Gasteiger partial charge in [0.25, 0.3) is 5.69 Å². The van der Waals surface area contributed by atoms with E-state index >= 15 is 0 Å². The van der Waals surface area contributed by atoms with Crippen molar-refractivity contribution in [1.29, 1.82) is 0 Å². The molecule has 0 unspecified atom stereocenters. The van der Waals surface area contributed by atoms with Crippen LogP contribution in [0.5, 0.6) is 0 Å². The van der Waals surface area contributed by atoms with E-state index < -0.39 is 4.92 Å². The van der Waals surface area contributed by atoms with Gasteiger partial charge in [-0.25, -0.2) is 0 Å². The van der Waals surface area contributed by atoms with Crippen molar-refractivity contribution in [2.75, 3.05) is 11.9 Å². The number of nitro groups is 1. The zero-order valence-corrected chi connectivity index (χ0v) is 7.78. The molecule has 0 atom stereocenters. The molecule has 0 fully saturated rings. The molecular formula is C10H10N2O2. The number of nitro benzene ring substituents is 1. The molecule has 0 aliphatic rings. The fraction of sp³-hybridized carbons (Fsp3) is 0.200.